The lowest BCUT2D eigenvalue weighted by atomic mass is 9.88. The fourth-order valence-corrected chi connectivity index (χ4v) is 6.13. The third-order valence-corrected chi connectivity index (χ3v) is 8.55. The van der Waals surface area contributed by atoms with Crippen molar-refractivity contribution in [1.82, 2.24) is 4.31 Å². The van der Waals surface area contributed by atoms with Gasteiger partial charge in [-0.05, 0) is 53.9 Å². The average molecular weight is 568 g/mol. The molecule has 2 unspecified atom stereocenters. The largest absolute Gasteiger partial charge is 0.461 e. The van der Waals surface area contributed by atoms with Gasteiger partial charge in [0.1, 0.15) is 23.0 Å². The molecule has 6 nitrogen and oxygen atoms in total. The standard InChI is InChI=1S/C26H32BrFN2O4S/c1-5-8-14-26(6-2)18-30(19-12-10-9-11-13-19)22-15-20(27)23(16-24(22)35(32)29(26)4)34-17-21(28)25(31)33-7-3/h9-13,15-17H,5-8,14,18H2,1-4H3/b21-17-. The third kappa shape index (κ3) is 5.95. The topological polar surface area (TPSA) is 59.1 Å². The molecule has 9 heteroatoms. The highest BCUT2D eigenvalue weighted by Crippen LogP contribution is 2.44. The Bertz CT molecular complexity index is 1100. The number of esters is 1. The Balaban J connectivity index is 2.12. The van der Waals surface area contributed by atoms with Crippen molar-refractivity contribution in [1.29, 1.82) is 0 Å². The first-order valence-electron chi connectivity index (χ1n) is 11.8. The van der Waals surface area contributed by atoms with Crippen LogP contribution in [0.5, 0.6) is 5.75 Å². The van der Waals surface area contributed by atoms with E-state index in [0.29, 0.717) is 22.2 Å². The van der Waals surface area contributed by atoms with Crippen molar-refractivity contribution in [3.8, 4) is 5.75 Å². The minimum absolute atomic E-state index is 0.0560. The summed E-state index contributed by atoms with van der Waals surface area (Å²) in [6.07, 6.45) is 4.50. The van der Waals surface area contributed by atoms with Crippen LogP contribution in [0, 0.1) is 0 Å². The van der Waals surface area contributed by atoms with Crippen LogP contribution in [0.2, 0.25) is 0 Å². The maximum Gasteiger partial charge on any atom is 0.370 e. The Hall–Kier alpha value is -2.23. The second kappa shape index (κ2) is 12.1. The van der Waals surface area contributed by atoms with Crippen LogP contribution in [0.4, 0.5) is 15.8 Å². The number of likely N-dealkylation sites (N-methyl/N-ethyl adjacent to an activating group) is 1. The maximum atomic E-state index is 14.1. The van der Waals surface area contributed by atoms with E-state index in [1.54, 1.807) is 13.0 Å². The predicted molar refractivity (Wildman–Crippen MR) is 141 cm³/mol. The highest BCUT2D eigenvalue weighted by molar-refractivity contribution is 9.10. The van der Waals surface area contributed by atoms with Gasteiger partial charge in [0.2, 0.25) is 5.83 Å². The lowest BCUT2D eigenvalue weighted by Crippen LogP contribution is -2.52. The first kappa shape index (κ1) is 27.4. The molecule has 1 heterocycles. The highest BCUT2D eigenvalue weighted by atomic mass is 79.9. The molecule has 1 aliphatic heterocycles. The van der Waals surface area contributed by atoms with E-state index in [4.69, 9.17) is 4.74 Å². The number of halogens is 2. The fourth-order valence-electron chi connectivity index (χ4n) is 4.22. The third-order valence-electron chi connectivity index (χ3n) is 6.34. The van der Waals surface area contributed by atoms with Gasteiger partial charge in [0, 0.05) is 25.3 Å². The van der Waals surface area contributed by atoms with Gasteiger partial charge < -0.3 is 14.4 Å². The maximum absolute atomic E-state index is 14.1. The molecule has 35 heavy (non-hydrogen) atoms. The minimum atomic E-state index is -1.50. The van der Waals surface area contributed by atoms with Crippen LogP contribution in [-0.4, -0.2) is 40.2 Å². The van der Waals surface area contributed by atoms with Gasteiger partial charge in [0.25, 0.3) is 0 Å². The smallest absolute Gasteiger partial charge is 0.370 e. The lowest BCUT2D eigenvalue weighted by Gasteiger charge is -2.41. The molecule has 0 bridgehead atoms. The van der Waals surface area contributed by atoms with Crippen molar-refractivity contribution >= 4 is 44.3 Å². The predicted octanol–water partition coefficient (Wildman–Crippen LogP) is 6.65. The number of carbonyl (C=O) groups is 1. The molecule has 0 saturated carbocycles. The normalized spacial score (nSPS) is 20.8. The highest BCUT2D eigenvalue weighted by Gasteiger charge is 2.42. The number of nitrogens with zero attached hydrogens (tertiary/aromatic N) is 2. The molecule has 0 amide bonds. The van der Waals surface area contributed by atoms with Crippen LogP contribution < -0.4 is 9.64 Å². The summed E-state index contributed by atoms with van der Waals surface area (Å²) < 4.78 is 40.6. The van der Waals surface area contributed by atoms with Crippen LogP contribution in [-0.2, 0) is 20.5 Å². The fraction of sp³-hybridized carbons (Fsp3) is 0.423. The summed E-state index contributed by atoms with van der Waals surface area (Å²) in [5, 5.41) is 0. The van der Waals surface area contributed by atoms with Gasteiger partial charge >= 0.3 is 5.97 Å². The van der Waals surface area contributed by atoms with E-state index in [0.717, 1.165) is 37.1 Å². The average Bonchev–Trinajstić information content (AvgIpc) is 2.95. The minimum Gasteiger partial charge on any atom is -0.461 e. The summed E-state index contributed by atoms with van der Waals surface area (Å²) in [5.41, 5.74) is 1.45. The molecule has 0 N–H and O–H groups in total. The molecular formula is C26H32BrFN2O4S. The van der Waals surface area contributed by atoms with E-state index in [-0.39, 0.29) is 17.9 Å². The summed E-state index contributed by atoms with van der Waals surface area (Å²) >= 11 is 3.51. The summed E-state index contributed by atoms with van der Waals surface area (Å²) in [4.78, 5) is 14.3. The van der Waals surface area contributed by atoms with Gasteiger partial charge in [-0.3, -0.25) is 0 Å². The number of hydrogen-bond acceptors (Lipinski definition) is 5. The number of para-hydroxylation sites is 1. The number of ether oxygens (including phenoxy) is 2. The Morgan fingerprint density at radius 3 is 2.57 bits per heavy atom. The number of hydrogen-bond donors (Lipinski definition) is 0. The van der Waals surface area contributed by atoms with Crippen LogP contribution >= 0.6 is 15.9 Å². The molecule has 3 rings (SSSR count). The number of benzene rings is 2. The van der Waals surface area contributed by atoms with Gasteiger partial charge in [-0.2, -0.15) is 4.39 Å². The quantitative estimate of drug-likeness (QED) is 0.193. The number of rotatable bonds is 9. The Morgan fingerprint density at radius 2 is 1.94 bits per heavy atom. The second-order valence-electron chi connectivity index (χ2n) is 8.40. The van der Waals surface area contributed by atoms with Gasteiger partial charge in [-0.15, -0.1) is 0 Å². The lowest BCUT2D eigenvalue weighted by molar-refractivity contribution is -0.140. The summed E-state index contributed by atoms with van der Waals surface area (Å²) in [5.74, 6) is -2.00. The van der Waals surface area contributed by atoms with Crippen molar-refractivity contribution in [2.45, 2.75) is 56.9 Å². The van der Waals surface area contributed by atoms with Crippen molar-refractivity contribution < 1.29 is 22.9 Å². The zero-order valence-electron chi connectivity index (χ0n) is 20.6. The van der Waals surface area contributed by atoms with E-state index in [1.807, 2.05) is 47.8 Å². The van der Waals surface area contributed by atoms with Crippen LogP contribution in [0.25, 0.3) is 0 Å². The Labute approximate surface area is 217 Å². The first-order valence-corrected chi connectivity index (χ1v) is 13.7. The van der Waals surface area contributed by atoms with E-state index >= 15 is 0 Å². The van der Waals surface area contributed by atoms with Crippen LogP contribution in [0.3, 0.4) is 0 Å². The van der Waals surface area contributed by atoms with Gasteiger partial charge in [0.05, 0.1) is 27.2 Å². The molecule has 190 valence electrons. The number of unbranched alkanes of at least 4 members (excludes halogenated alkanes) is 1. The van der Waals surface area contributed by atoms with E-state index in [2.05, 4.69) is 39.4 Å². The summed E-state index contributed by atoms with van der Waals surface area (Å²) in [6.45, 7) is 6.60. The van der Waals surface area contributed by atoms with Gasteiger partial charge in [-0.1, -0.05) is 44.9 Å². The molecule has 0 aliphatic carbocycles. The zero-order valence-corrected chi connectivity index (χ0v) is 23.0. The zero-order chi connectivity index (χ0) is 25.6. The number of anilines is 2. The Kier molecular flexibility index (Phi) is 9.49. The molecule has 0 saturated heterocycles. The SMILES string of the molecule is CCCCC1(CC)CN(c2ccccc2)c2cc(Br)c(O/C=C(\F)C(=O)OCC)cc2S(=O)N1C. The molecule has 0 radical (unpaired) electrons. The monoisotopic (exact) mass is 566 g/mol. The molecule has 2 aromatic carbocycles. The molecule has 0 aromatic heterocycles. The van der Waals surface area contributed by atoms with Crippen LogP contribution in [0.15, 0.2) is 63.9 Å². The van der Waals surface area contributed by atoms with Gasteiger partial charge in [0.15, 0.2) is 0 Å². The van der Waals surface area contributed by atoms with Crippen molar-refractivity contribution in [2.24, 2.45) is 0 Å². The van der Waals surface area contributed by atoms with E-state index in [1.165, 1.54) is 0 Å². The molecular weight excluding hydrogens is 535 g/mol. The molecule has 0 fully saturated rings. The molecule has 2 aromatic rings. The van der Waals surface area contributed by atoms with E-state index < -0.39 is 22.8 Å². The Morgan fingerprint density at radius 1 is 1.23 bits per heavy atom. The number of fused-ring (bicyclic) bond motifs is 1. The van der Waals surface area contributed by atoms with Crippen molar-refractivity contribution in [2.75, 3.05) is 25.1 Å². The van der Waals surface area contributed by atoms with Crippen molar-refractivity contribution in [3.63, 3.8) is 0 Å². The second-order valence-corrected chi connectivity index (χ2v) is 10.7. The molecule has 1 aliphatic rings. The first-order chi connectivity index (χ1) is 16.8. The molecule has 0 spiro atoms. The molecule has 2 atom stereocenters. The van der Waals surface area contributed by atoms with Crippen molar-refractivity contribution in [3.05, 3.63) is 59.0 Å². The summed E-state index contributed by atoms with van der Waals surface area (Å²) in [7, 11) is 0.395. The van der Waals surface area contributed by atoms with Gasteiger partial charge in [-0.25, -0.2) is 13.3 Å². The number of carbonyl (C=O) groups excluding carboxylic acids is 1. The summed E-state index contributed by atoms with van der Waals surface area (Å²) in [6, 6.07) is 13.5. The van der Waals surface area contributed by atoms with Crippen LogP contribution in [0.1, 0.15) is 46.5 Å². The van der Waals surface area contributed by atoms with E-state index in [9.17, 15) is 13.4 Å².